The third kappa shape index (κ3) is 9.76. The van der Waals surface area contributed by atoms with Crippen LogP contribution in [0.2, 0.25) is 0 Å². The van der Waals surface area contributed by atoms with Gasteiger partial charge in [-0.15, -0.1) is 13.2 Å². The third-order valence-corrected chi connectivity index (χ3v) is 1.43. The highest BCUT2D eigenvalue weighted by molar-refractivity contribution is 4.58. The van der Waals surface area contributed by atoms with Gasteiger partial charge in [-0.2, -0.15) is 0 Å². The molecule has 0 aromatic heterocycles. The molecule has 1 atom stereocenters. The second-order valence-electron chi connectivity index (χ2n) is 2.81. The van der Waals surface area contributed by atoms with Gasteiger partial charge in [0, 0.05) is 19.2 Å². The van der Waals surface area contributed by atoms with Crippen molar-refractivity contribution in [2.24, 2.45) is 0 Å². The predicted octanol–water partition coefficient (Wildman–Crippen LogP) is 1.54. The summed E-state index contributed by atoms with van der Waals surface area (Å²) in [5.41, 5.74) is 0. The number of ether oxygens (including phenoxy) is 2. The van der Waals surface area contributed by atoms with Crippen molar-refractivity contribution in [2.75, 3.05) is 26.4 Å². The zero-order valence-electron chi connectivity index (χ0n) is 8.36. The van der Waals surface area contributed by atoms with Gasteiger partial charge in [-0.3, -0.25) is 4.74 Å². The van der Waals surface area contributed by atoms with E-state index in [4.69, 9.17) is 4.74 Å². The fraction of sp³-hybridized carbons (Fsp3) is 1.00. The molecule has 0 aliphatic heterocycles. The zero-order chi connectivity index (χ0) is 11.0. The molecule has 3 nitrogen and oxygen atoms in total. The summed E-state index contributed by atoms with van der Waals surface area (Å²) in [6.45, 7) is 4.57. The van der Waals surface area contributed by atoms with Crippen molar-refractivity contribution in [3.05, 3.63) is 0 Å². The lowest BCUT2D eigenvalue weighted by atomic mass is 10.3. The molecule has 0 bridgehead atoms. The van der Waals surface area contributed by atoms with Crippen molar-refractivity contribution < 1.29 is 22.6 Å². The normalized spacial score (nSPS) is 14.4. The van der Waals surface area contributed by atoms with Crippen molar-refractivity contribution in [3.8, 4) is 0 Å². The van der Waals surface area contributed by atoms with Gasteiger partial charge in [-0.1, -0.05) is 0 Å². The first kappa shape index (κ1) is 13.7. The molecule has 1 N–H and O–H groups in total. The molecule has 0 aromatic carbocycles. The maximum atomic E-state index is 11.5. The molecule has 0 radical (unpaired) electrons. The fourth-order valence-electron chi connectivity index (χ4n) is 0.826. The molecule has 0 aliphatic carbocycles. The van der Waals surface area contributed by atoms with Crippen molar-refractivity contribution in [1.29, 1.82) is 0 Å². The minimum Gasteiger partial charge on any atom is -0.380 e. The van der Waals surface area contributed by atoms with Crippen molar-refractivity contribution in [1.82, 2.24) is 5.32 Å². The van der Waals surface area contributed by atoms with Crippen LogP contribution in [0.15, 0.2) is 0 Å². The summed E-state index contributed by atoms with van der Waals surface area (Å²) in [6, 6.07) is 0.0341. The largest absolute Gasteiger partial charge is 0.522 e. The lowest BCUT2D eigenvalue weighted by Gasteiger charge is -2.14. The Morgan fingerprint density at radius 1 is 1.36 bits per heavy atom. The summed E-state index contributed by atoms with van der Waals surface area (Å²) in [5, 5.41) is 2.84. The second kappa shape index (κ2) is 7.03. The van der Waals surface area contributed by atoms with E-state index in [-0.39, 0.29) is 19.2 Å². The molecule has 6 heteroatoms. The lowest BCUT2D eigenvalue weighted by molar-refractivity contribution is -0.323. The van der Waals surface area contributed by atoms with Gasteiger partial charge < -0.3 is 10.1 Å². The van der Waals surface area contributed by atoms with Crippen LogP contribution in [-0.2, 0) is 9.47 Å². The van der Waals surface area contributed by atoms with E-state index in [2.05, 4.69) is 10.1 Å². The third-order valence-electron chi connectivity index (χ3n) is 1.43. The highest BCUT2D eigenvalue weighted by Crippen LogP contribution is 2.15. The van der Waals surface area contributed by atoms with E-state index in [1.807, 2.05) is 13.8 Å². The van der Waals surface area contributed by atoms with Gasteiger partial charge in [-0.05, 0) is 13.8 Å². The summed E-state index contributed by atoms with van der Waals surface area (Å²) >= 11 is 0. The van der Waals surface area contributed by atoms with Crippen LogP contribution in [0.3, 0.4) is 0 Å². The second-order valence-corrected chi connectivity index (χ2v) is 2.81. The van der Waals surface area contributed by atoms with Crippen LogP contribution >= 0.6 is 0 Å². The Morgan fingerprint density at radius 2 is 2.00 bits per heavy atom. The van der Waals surface area contributed by atoms with Gasteiger partial charge in [-0.25, -0.2) is 0 Å². The average molecular weight is 215 g/mol. The molecule has 0 fully saturated rings. The van der Waals surface area contributed by atoms with Gasteiger partial charge in [0.25, 0.3) is 0 Å². The minimum absolute atomic E-state index is 0.0341. The van der Waals surface area contributed by atoms with E-state index >= 15 is 0 Å². The summed E-state index contributed by atoms with van der Waals surface area (Å²) in [5.74, 6) is 0. The van der Waals surface area contributed by atoms with E-state index < -0.39 is 6.36 Å². The first-order valence-corrected chi connectivity index (χ1v) is 4.47. The number of rotatable bonds is 7. The number of hydrogen-bond acceptors (Lipinski definition) is 3. The molecule has 0 amide bonds. The van der Waals surface area contributed by atoms with E-state index in [1.165, 1.54) is 0 Å². The zero-order valence-corrected chi connectivity index (χ0v) is 8.36. The molecule has 0 saturated carbocycles. The molecular formula is C8H16F3NO2. The first-order valence-electron chi connectivity index (χ1n) is 4.47. The van der Waals surface area contributed by atoms with E-state index in [1.54, 1.807) is 0 Å². The van der Waals surface area contributed by atoms with E-state index in [9.17, 15) is 13.2 Å². The van der Waals surface area contributed by atoms with Gasteiger partial charge in [0.2, 0.25) is 0 Å². The Hall–Kier alpha value is -0.330. The summed E-state index contributed by atoms with van der Waals surface area (Å²) in [7, 11) is 0. The Kier molecular flexibility index (Phi) is 6.86. The van der Waals surface area contributed by atoms with Crippen LogP contribution in [0.5, 0.6) is 0 Å². The van der Waals surface area contributed by atoms with Gasteiger partial charge in [0.05, 0.1) is 13.2 Å². The SMILES string of the molecule is CCOCC(C)NCCOC(F)(F)F. The van der Waals surface area contributed by atoms with Crippen molar-refractivity contribution in [2.45, 2.75) is 26.3 Å². The molecule has 1 unspecified atom stereocenters. The highest BCUT2D eigenvalue weighted by atomic mass is 19.4. The Bertz CT molecular complexity index is 141. The highest BCUT2D eigenvalue weighted by Gasteiger charge is 2.28. The average Bonchev–Trinajstić information content (AvgIpc) is 2.07. The first-order chi connectivity index (χ1) is 6.45. The van der Waals surface area contributed by atoms with Crippen molar-refractivity contribution >= 4 is 0 Å². The van der Waals surface area contributed by atoms with E-state index in [0.717, 1.165) is 0 Å². The molecular weight excluding hydrogens is 199 g/mol. The maximum Gasteiger partial charge on any atom is 0.522 e. The Morgan fingerprint density at radius 3 is 2.50 bits per heavy atom. The van der Waals surface area contributed by atoms with Gasteiger partial charge in [0.15, 0.2) is 0 Å². The molecule has 0 heterocycles. The molecule has 0 saturated heterocycles. The maximum absolute atomic E-state index is 11.5. The summed E-state index contributed by atoms with van der Waals surface area (Å²) < 4.78 is 43.2. The Balaban J connectivity index is 3.27. The molecule has 0 aliphatic rings. The molecule has 0 aromatic rings. The van der Waals surface area contributed by atoms with Crippen LogP contribution in [0.1, 0.15) is 13.8 Å². The topological polar surface area (TPSA) is 30.5 Å². The smallest absolute Gasteiger partial charge is 0.380 e. The quantitative estimate of drug-likeness (QED) is 0.653. The van der Waals surface area contributed by atoms with Crippen LogP contribution < -0.4 is 5.32 Å². The van der Waals surface area contributed by atoms with Gasteiger partial charge >= 0.3 is 6.36 Å². The Labute approximate surface area is 81.6 Å². The lowest BCUT2D eigenvalue weighted by Crippen LogP contribution is -2.34. The van der Waals surface area contributed by atoms with Crippen LogP contribution in [0.25, 0.3) is 0 Å². The summed E-state index contributed by atoms with van der Waals surface area (Å²) in [6.07, 6.45) is -4.54. The number of halogens is 3. The monoisotopic (exact) mass is 215 g/mol. The number of alkyl halides is 3. The predicted molar refractivity (Wildman–Crippen MR) is 46.0 cm³/mol. The van der Waals surface area contributed by atoms with Crippen molar-refractivity contribution in [3.63, 3.8) is 0 Å². The van der Waals surface area contributed by atoms with E-state index in [0.29, 0.717) is 13.2 Å². The fourth-order valence-corrected chi connectivity index (χ4v) is 0.826. The number of nitrogens with one attached hydrogen (secondary N) is 1. The summed E-state index contributed by atoms with van der Waals surface area (Å²) in [4.78, 5) is 0. The standard InChI is InChI=1S/C8H16F3NO2/c1-3-13-6-7(2)12-4-5-14-8(9,10)11/h7,12H,3-6H2,1-2H3. The van der Waals surface area contributed by atoms with Crippen LogP contribution in [0, 0.1) is 0 Å². The van der Waals surface area contributed by atoms with Crippen LogP contribution in [-0.4, -0.2) is 38.8 Å². The van der Waals surface area contributed by atoms with Gasteiger partial charge in [0.1, 0.15) is 0 Å². The molecule has 0 rings (SSSR count). The molecule has 86 valence electrons. The number of hydrogen-bond donors (Lipinski definition) is 1. The molecule has 0 spiro atoms. The molecule has 14 heavy (non-hydrogen) atoms. The minimum atomic E-state index is -4.54. The van der Waals surface area contributed by atoms with Crippen LogP contribution in [0.4, 0.5) is 13.2 Å².